The molecule has 1 aliphatic rings. The summed E-state index contributed by atoms with van der Waals surface area (Å²) in [6, 6.07) is 12.5. The van der Waals surface area contributed by atoms with Crippen LogP contribution in [0.25, 0.3) is 11.3 Å². The molecule has 5 nitrogen and oxygen atoms in total. The van der Waals surface area contributed by atoms with E-state index >= 15 is 0 Å². The molecule has 0 spiro atoms. The van der Waals surface area contributed by atoms with Crippen LogP contribution in [0.3, 0.4) is 0 Å². The average molecular weight is 392 g/mol. The number of hydrogen-bond acceptors (Lipinski definition) is 6. The van der Waals surface area contributed by atoms with Crippen molar-refractivity contribution in [2.45, 2.75) is 33.6 Å². The molecule has 0 radical (unpaired) electrons. The van der Waals surface area contributed by atoms with Gasteiger partial charge in [-0.05, 0) is 30.9 Å². The first-order valence-electron chi connectivity index (χ1n) is 9.60. The van der Waals surface area contributed by atoms with E-state index in [9.17, 15) is 5.26 Å². The van der Waals surface area contributed by atoms with Crippen molar-refractivity contribution in [1.29, 1.82) is 5.26 Å². The number of nitrogens with zero attached hydrogens (tertiary/aromatic N) is 4. The molecule has 0 unspecified atom stereocenters. The molecule has 0 saturated heterocycles. The van der Waals surface area contributed by atoms with E-state index in [1.807, 2.05) is 36.7 Å². The van der Waals surface area contributed by atoms with E-state index in [0.717, 1.165) is 47.8 Å². The maximum absolute atomic E-state index is 9.90. The van der Waals surface area contributed by atoms with Gasteiger partial charge < -0.3 is 10.2 Å². The third-order valence-corrected chi connectivity index (χ3v) is 5.33. The average Bonchev–Trinajstić information content (AvgIpc) is 3.20. The molecule has 28 heavy (non-hydrogen) atoms. The fourth-order valence-electron chi connectivity index (χ4n) is 3.08. The molecule has 0 aliphatic carbocycles. The summed E-state index contributed by atoms with van der Waals surface area (Å²) in [6.07, 6.45) is 3.88. The van der Waals surface area contributed by atoms with Gasteiger partial charge in [-0.25, -0.2) is 9.97 Å². The lowest BCUT2D eigenvalue weighted by Gasteiger charge is -2.22. The summed E-state index contributed by atoms with van der Waals surface area (Å²) in [5, 5.41) is 16.1. The van der Waals surface area contributed by atoms with Crippen LogP contribution in [0.2, 0.25) is 0 Å². The molecule has 3 rings (SSSR count). The highest BCUT2D eigenvalue weighted by Crippen LogP contribution is 2.35. The summed E-state index contributed by atoms with van der Waals surface area (Å²) in [4.78, 5) is 11.5. The number of thioether (sulfide) groups is 1. The second kappa shape index (κ2) is 9.43. The van der Waals surface area contributed by atoms with Crippen LogP contribution >= 0.6 is 11.8 Å². The van der Waals surface area contributed by atoms with Crippen LogP contribution in [0.1, 0.15) is 43.5 Å². The van der Waals surface area contributed by atoms with Gasteiger partial charge in [0, 0.05) is 24.7 Å². The number of aromatic nitrogens is 2. The molecule has 0 amide bonds. The molecular formula is C22H25N5S. The van der Waals surface area contributed by atoms with E-state index in [1.54, 1.807) is 0 Å². The van der Waals surface area contributed by atoms with Crippen molar-refractivity contribution < 1.29 is 0 Å². The normalized spacial score (nSPS) is 14.9. The van der Waals surface area contributed by atoms with Crippen molar-refractivity contribution in [3.8, 4) is 6.07 Å². The molecule has 1 aromatic heterocycles. The Balaban J connectivity index is 1.94. The van der Waals surface area contributed by atoms with Crippen molar-refractivity contribution in [3.63, 3.8) is 0 Å². The van der Waals surface area contributed by atoms with Crippen LogP contribution in [0.4, 0.5) is 5.95 Å². The monoisotopic (exact) mass is 391 g/mol. The minimum Gasteiger partial charge on any atom is -0.348 e. The van der Waals surface area contributed by atoms with Crippen molar-refractivity contribution in [2.75, 3.05) is 18.0 Å². The van der Waals surface area contributed by atoms with E-state index < -0.39 is 0 Å². The Labute approximate surface area is 171 Å². The van der Waals surface area contributed by atoms with Gasteiger partial charge >= 0.3 is 0 Å². The first-order valence-corrected chi connectivity index (χ1v) is 10.5. The zero-order valence-corrected chi connectivity index (χ0v) is 17.4. The summed E-state index contributed by atoms with van der Waals surface area (Å²) >= 11 is 1.53. The standard InChI is InChI=1S/C22H25N5S/c1-4-11-27(12-5-2)22-24-14-16(3)20(26-22)18(13-23)21-25-19(15-28-21)17-9-7-6-8-10-17/h6-10,14-15,25H,4-5,11-12H2,1-3H3/b21-18-. The maximum atomic E-state index is 9.90. The SMILES string of the molecule is CCCN(CCC)c1ncc(C)c(/C(C#N)=C2/NC(c3ccccc3)=CS2)n1. The quantitative estimate of drug-likeness (QED) is 0.675. The fraction of sp³-hybridized carbons (Fsp3) is 0.318. The van der Waals surface area contributed by atoms with E-state index in [2.05, 4.69) is 47.3 Å². The largest absolute Gasteiger partial charge is 0.348 e. The van der Waals surface area contributed by atoms with E-state index in [4.69, 9.17) is 4.98 Å². The Morgan fingerprint density at radius 2 is 1.89 bits per heavy atom. The third kappa shape index (κ3) is 4.37. The van der Waals surface area contributed by atoms with Crippen molar-refractivity contribution in [2.24, 2.45) is 0 Å². The van der Waals surface area contributed by atoms with Crippen LogP contribution < -0.4 is 10.2 Å². The summed E-state index contributed by atoms with van der Waals surface area (Å²) in [7, 11) is 0. The smallest absolute Gasteiger partial charge is 0.225 e. The van der Waals surface area contributed by atoms with E-state index in [1.165, 1.54) is 11.8 Å². The number of nitriles is 1. The van der Waals surface area contributed by atoms with Gasteiger partial charge in [0.1, 0.15) is 11.6 Å². The Hall–Kier alpha value is -2.78. The van der Waals surface area contributed by atoms with Gasteiger partial charge in [0.15, 0.2) is 0 Å². The fourth-order valence-corrected chi connectivity index (χ4v) is 3.94. The predicted molar refractivity (Wildman–Crippen MR) is 117 cm³/mol. The first-order chi connectivity index (χ1) is 13.7. The molecule has 1 aliphatic heterocycles. The molecule has 1 N–H and O–H groups in total. The lowest BCUT2D eigenvalue weighted by atomic mass is 10.1. The Kier molecular flexibility index (Phi) is 6.72. The van der Waals surface area contributed by atoms with Gasteiger partial charge in [-0.2, -0.15) is 5.26 Å². The van der Waals surface area contributed by atoms with Crippen molar-refractivity contribution >= 4 is 29.0 Å². The second-order valence-electron chi connectivity index (χ2n) is 6.65. The van der Waals surface area contributed by atoms with Gasteiger partial charge in [-0.3, -0.25) is 0 Å². The number of allylic oxidation sites excluding steroid dienone is 1. The number of hydrogen-bond donors (Lipinski definition) is 1. The third-order valence-electron chi connectivity index (χ3n) is 4.43. The number of benzene rings is 1. The van der Waals surface area contributed by atoms with E-state index in [0.29, 0.717) is 17.2 Å². The molecule has 0 fully saturated rings. The highest BCUT2D eigenvalue weighted by atomic mass is 32.2. The number of rotatable bonds is 7. The zero-order chi connectivity index (χ0) is 19.9. The predicted octanol–water partition coefficient (Wildman–Crippen LogP) is 4.94. The molecule has 2 aromatic rings. The Bertz CT molecular complexity index is 922. The molecule has 144 valence electrons. The molecule has 0 saturated carbocycles. The molecule has 1 aromatic carbocycles. The second-order valence-corrected chi connectivity index (χ2v) is 7.52. The topological polar surface area (TPSA) is 64.8 Å². The number of anilines is 1. The summed E-state index contributed by atoms with van der Waals surface area (Å²) < 4.78 is 0. The van der Waals surface area contributed by atoms with Gasteiger partial charge in [0.25, 0.3) is 0 Å². The Morgan fingerprint density at radius 1 is 1.18 bits per heavy atom. The minimum atomic E-state index is 0.557. The highest BCUT2D eigenvalue weighted by molar-refractivity contribution is 8.06. The van der Waals surface area contributed by atoms with Crippen LogP contribution in [-0.4, -0.2) is 23.1 Å². The zero-order valence-electron chi connectivity index (χ0n) is 16.6. The van der Waals surface area contributed by atoms with Crippen LogP contribution in [0.5, 0.6) is 0 Å². The van der Waals surface area contributed by atoms with Gasteiger partial charge in [0.2, 0.25) is 5.95 Å². The maximum Gasteiger partial charge on any atom is 0.225 e. The van der Waals surface area contributed by atoms with Crippen LogP contribution in [-0.2, 0) is 0 Å². The van der Waals surface area contributed by atoms with Crippen LogP contribution in [0.15, 0.2) is 47.0 Å². The lowest BCUT2D eigenvalue weighted by Crippen LogP contribution is -2.27. The van der Waals surface area contributed by atoms with Crippen LogP contribution in [0, 0.1) is 18.3 Å². The molecule has 0 atom stereocenters. The molecule has 2 heterocycles. The summed E-state index contributed by atoms with van der Waals surface area (Å²) in [5.74, 6) is 0.692. The molecule has 0 bridgehead atoms. The van der Waals surface area contributed by atoms with Crippen molar-refractivity contribution in [1.82, 2.24) is 15.3 Å². The highest BCUT2D eigenvalue weighted by Gasteiger charge is 2.21. The molecular weight excluding hydrogens is 366 g/mol. The first kappa shape index (κ1) is 20.0. The molecule has 6 heteroatoms. The van der Waals surface area contributed by atoms with Crippen molar-refractivity contribution in [3.05, 3.63) is 63.8 Å². The van der Waals surface area contributed by atoms with Gasteiger partial charge in [-0.15, -0.1) is 0 Å². The number of aryl methyl sites for hydroxylation is 1. The van der Waals surface area contributed by atoms with E-state index in [-0.39, 0.29) is 0 Å². The minimum absolute atomic E-state index is 0.557. The van der Waals surface area contributed by atoms with Gasteiger partial charge in [-0.1, -0.05) is 55.9 Å². The summed E-state index contributed by atoms with van der Waals surface area (Å²) in [6.45, 7) is 8.06. The number of nitrogens with one attached hydrogen (secondary N) is 1. The summed E-state index contributed by atoms with van der Waals surface area (Å²) in [5.41, 5.74) is 4.25. The lowest BCUT2D eigenvalue weighted by molar-refractivity contribution is 0.719. The van der Waals surface area contributed by atoms with Gasteiger partial charge in [0.05, 0.1) is 16.4 Å². The Morgan fingerprint density at radius 3 is 2.54 bits per heavy atom.